The standard InChI is InChI=1S/C14H25BrN2O2S2/c1-10(2)6-7-17(5)21(18,19)13-8-12(20-14(13)15)9-16-11(3)4/h8,10-11,16H,6-7,9H2,1-5H3. The SMILES string of the molecule is CC(C)CCN(C)S(=O)(=O)c1cc(CNC(C)C)sc1Br. The zero-order valence-corrected chi connectivity index (χ0v) is 16.5. The number of nitrogens with zero attached hydrogens (tertiary/aromatic N) is 1. The Morgan fingerprint density at radius 2 is 1.95 bits per heavy atom. The van der Waals surface area contributed by atoms with Crippen molar-refractivity contribution in [3.63, 3.8) is 0 Å². The van der Waals surface area contributed by atoms with Crippen molar-refractivity contribution in [2.24, 2.45) is 5.92 Å². The van der Waals surface area contributed by atoms with Crippen LogP contribution in [0.25, 0.3) is 0 Å². The van der Waals surface area contributed by atoms with Gasteiger partial charge in [0.15, 0.2) is 0 Å². The van der Waals surface area contributed by atoms with E-state index in [1.807, 2.05) is 0 Å². The van der Waals surface area contributed by atoms with Gasteiger partial charge in [0.2, 0.25) is 10.0 Å². The third-order valence-electron chi connectivity index (χ3n) is 3.10. The van der Waals surface area contributed by atoms with Crippen molar-refractivity contribution < 1.29 is 8.42 Å². The van der Waals surface area contributed by atoms with E-state index in [1.54, 1.807) is 13.1 Å². The summed E-state index contributed by atoms with van der Waals surface area (Å²) in [7, 11) is -1.77. The highest BCUT2D eigenvalue weighted by Gasteiger charge is 2.25. The zero-order chi connectivity index (χ0) is 16.2. The van der Waals surface area contributed by atoms with Crippen LogP contribution in [-0.4, -0.2) is 32.4 Å². The van der Waals surface area contributed by atoms with Crippen molar-refractivity contribution in [2.75, 3.05) is 13.6 Å². The van der Waals surface area contributed by atoms with Crippen molar-refractivity contribution in [1.29, 1.82) is 0 Å². The minimum absolute atomic E-state index is 0.374. The van der Waals surface area contributed by atoms with Gasteiger partial charge < -0.3 is 5.32 Å². The Morgan fingerprint density at radius 1 is 1.33 bits per heavy atom. The van der Waals surface area contributed by atoms with Gasteiger partial charge >= 0.3 is 0 Å². The molecule has 1 N–H and O–H groups in total. The molecule has 0 spiro atoms. The predicted octanol–water partition coefficient (Wildman–Crippen LogP) is 3.68. The highest BCUT2D eigenvalue weighted by Crippen LogP contribution is 2.33. The Bertz CT molecular complexity index is 553. The van der Waals surface area contributed by atoms with Gasteiger partial charge in [-0.25, -0.2) is 12.7 Å². The zero-order valence-electron chi connectivity index (χ0n) is 13.3. The fourth-order valence-corrected chi connectivity index (χ4v) is 5.46. The third-order valence-corrected chi connectivity index (χ3v) is 7.21. The Balaban J connectivity index is 2.87. The van der Waals surface area contributed by atoms with E-state index in [0.29, 0.717) is 33.7 Å². The van der Waals surface area contributed by atoms with Crippen LogP contribution in [0.5, 0.6) is 0 Å². The van der Waals surface area contributed by atoms with Crippen LogP contribution in [0, 0.1) is 5.92 Å². The molecule has 0 saturated heterocycles. The summed E-state index contributed by atoms with van der Waals surface area (Å²) in [6.45, 7) is 9.56. The summed E-state index contributed by atoms with van der Waals surface area (Å²) in [5.41, 5.74) is 0. The van der Waals surface area contributed by atoms with Gasteiger partial charge in [-0.05, 0) is 34.3 Å². The fourth-order valence-electron chi connectivity index (χ4n) is 1.69. The van der Waals surface area contributed by atoms with Crippen LogP contribution in [0.1, 0.15) is 39.0 Å². The lowest BCUT2D eigenvalue weighted by atomic mass is 10.1. The van der Waals surface area contributed by atoms with E-state index < -0.39 is 10.0 Å². The normalized spacial score (nSPS) is 12.8. The molecule has 7 heteroatoms. The number of rotatable bonds is 8. The minimum atomic E-state index is -3.41. The molecule has 0 aliphatic carbocycles. The monoisotopic (exact) mass is 396 g/mol. The van der Waals surface area contributed by atoms with Crippen molar-refractivity contribution in [3.05, 3.63) is 14.7 Å². The molecule has 0 aliphatic rings. The van der Waals surface area contributed by atoms with Gasteiger partial charge in [0.25, 0.3) is 0 Å². The summed E-state index contributed by atoms with van der Waals surface area (Å²) in [6.07, 6.45) is 0.860. The molecule has 0 aliphatic heterocycles. The highest BCUT2D eigenvalue weighted by atomic mass is 79.9. The van der Waals surface area contributed by atoms with E-state index >= 15 is 0 Å². The van der Waals surface area contributed by atoms with E-state index in [2.05, 4.69) is 48.9 Å². The van der Waals surface area contributed by atoms with E-state index in [9.17, 15) is 8.42 Å². The summed E-state index contributed by atoms with van der Waals surface area (Å²) in [5, 5.41) is 3.30. The van der Waals surface area contributed by atoms with Crippen molar-refractivity contribution in [1.82, 2.24) is 9.62 Å². The first kappa shape index (κ1) is 19.1. The largest absolute Gasteiger partial charge is 0.310 e. The summed E-state index contributed by atoms with van der Waals surface area (Å²) in [5.74, 6) is 0.486. The van der Waals surface area contributed by atoms with Gasteiger partial charge in [0.05, 0.1) is 3.79 Å². The first-order chi connectivity index (χ1) is 9.64. The van der Waals surface area contributed by atoms with Gasteiger partial charge in [-0.1, -0.05) is 27.7 Å². The Kier molecular flexibility index (Phi) is 7.33. The third kappa shape index (κ3) is 5.63. The molecule has 0 radical (unpaired) electrons. The molecule has 21 heavy (non-hydrogen) atoms. The molecule has 0 bridgehead atoms. The molecule has 1 rings (SSSR count). The highest BCUT2D eigenvalue weighted by molar-refractivity contribution is 9.11. The number of hydrogen-bond acceptors (Lipinski definition) is 4. The van der Waals surface area contributed by atoms with Gasteiger partial charge in [-0.3, -0.25) is 0 Å². The van der Waals surface area contributed by atoms with Gasteiger partial charge in [0.1, 0.15) is 4.90 Å². The average Bonchev–Trinajstić information content (AvgIpc) is 2.75. The lowest BCUT2D eigenvalue weighted by Crippen LogP contribution is -2.28. The molecule has 0 fully saturated rings. The van der Waals surface area contributed by atoms with Gasteiger partial charge in [-0.2, -0.15) is 0 Å². The maximum Gasteiger partial charge on any atom is 0.244 e. The Morgan fingerprint density at radius 3 is 2.48 bits per heavy atom. The Hall–Kier alpha value is 0.0500. The molecule has 0 aromatic carbocycles. The van der Waals surface area contributed by atoms with Crippen LogP contribution in [0.3, 0.4) is 0 Å². The van der Waals surface area contributed by atoms with Crippen LogP contribution in [-0.2, 0) is 16.6 Å². The summed E-state index contributed by atoms with van der Waals surface area (Å²) >= 11 is 4.87. The van der Waals surface area contributed by atoms with Gasteiger partial charge in [0, 0.05) is 31.1 Å². The second kappa shape index (κ2) is 8.06. The van der Waals surface area contributed by atoms with Crippen molar-refractivity contribution in [3.8, 4) is 0 Å². The number of thiophene rings is 1. The van der Waals surface area contributed by atoms with E-state index in [0.717, 1.165) is 11.3 Å². The molecule has 0 saturated carbocycles. The molecule has 0 unspecified atom stereocenters. The maximum absolute atomic E-state index is 12.6. The fraction of sp³-hybridized carbons (Fsp3) is 0.714. The molecular formula is C14H25BrN2O2S2. The van der Waals surface area contributed by atoms with E-state index in [-0.39, 0.29) is 0 Å². The van der Waals surface area contributed by atoms with E-state index in [4.69, 9.17) is 0 Å². The quantitative estimate of drug-likeness (QED) is 0.728. The minimum Gasteiger partial charge on any atom is -0.310 e. The summed E-state index contributed by atoms with van der Waals surface area (Å²) in [4.78, 5) is 1.39. The first-order valence-electron chi connectivity index (χ1n) is 7.12. The average molecular weight is 397 g/mol. The van der Waals surface area contributed by atoms with Crippen LogP contribution in [0.4, 0.5) is 0 Å². The van der Waals surface area contributed by atoms with Crippen molar-refractivity contribution in [2.45, 2.75) is 51.6 Å². The van der Waals surface area contributed by atoms with Crippen LogP contribution in [0.15, 0.2) is 14.7 Å². The molecule has 1 heterocycles. The number of hydrogen-bond donors (Lipinski definition) is 1. The second-order valence-electron chi connectivity index (χ2n) is 5.90. The van der Waals surface area contributed by atoms with Crippen molar-refractivity contribution >= 4 is 37.3 Å². The van der Waals surface area contributed by atoms with Crippen LogP contribution in [0.2, 0.25) is 0 Å². The topological polar surface area (TPSA) is 49.4 Å². The van der Waals surface area contributed by atoms with Crippen LogP contribution < -0.4 is 5.32 Å². The molecule has 1 aromatic rings. The van der Waals surface area contributed by atoms with E-state index in [1.165, 1.54) is 15.6 Å². The molecule has 122 valence electrons. The first-order valence-corrected chi connectivity index (χ1v) is 10.2. The maximum atomic E-state index is 12.6. The molecule has 4 nitrogen and oxygen atoms in total. The van der Waals surface area contributed by atoms with Crippen LogP contribution >= 0.6 is 27.3 Å². The Labute approximate surface area is 141 Å². The molecule has 1 aromatic heterocycles. The number of halogens is 1. The number of nitrogens with one attached hydrogen (secondary N) is 1. The number of sulfonamides is 1. The summed E-state index contributed by atoms with van der Waals surface area (Å²) < 4.78 is 27.3. The lowest BCUT2D eigenvalue weighted by molar-refractivity contribution is 0.428. The molecule has 0 amide bonds. The van der Waals surface area contributed by atoms with Gasteiger partial charge in [-0.15, -0.1) is 11.3 Å². The smallest absolute Gasteiger partial charge is 0.244 e. The molecule has 0 atom stereocenters. The summed E-state index contributed by atoms with van der Waals surface area (Å²) in [6, 6.07) is 2.14. The lowest BCUT2D eigenvalue weighted by Gasteiger charge is -2.17. The molecular weight excluding hydrogens is 372 g/mol. The second-order valence-corrected chi connectivity index (χ2v) is 10.4. The predicted molar refractivity (Wildman–Crippen MR) is 93.3 cm³/mol.